The predicted octanol–water partition coefficient (Wildman–Crippen LogP) is 3.26. The summed E-state index contributed by atoms with van der Waals surface area (Å²) in [7, 11) is 0. The quantitative estimate of drug-likeness (QED) is 0.864. The maximum absolute atomic E-state index is 12.3. The smallest absolute Gasteiger partial charge is 0.309 e. The van der Waals surface area contributed by atoms with Gasteiger partial charge in [-0.15, -0.1) is 0 Å². The molecule has 1 saturated carbocycles. The SMILES string of the molecule is CC1(C)[C@@H](C(=O)OCc2ccccc2)CC[C@]1(C)C(=O)O. The molecule has 4 heteroatoms. The molecule has 1 aromatic carbocycles. The number of carbonyl (C=O) groups excluding carboxylic acids is 1. The second kappa shape index (κ2) is 5.51. The van der Waals surface area contributed by atoms with E-state index in [-0.39, 0.29) is 18.5 Å². The molecule has 0 unspecified atom stereocenters. The zero-order valence-corrected chi connectivity index (χ0v) is 12.8. The number of hydrogen-bond donors (Lipinski definition) is 1. The molecule has 114 valence electrons. The van der Waals surface area contributed by atoms with Gasteiger partial charge >= 0.3 is 11.9 Å². The van der Waals surface area contributed by atoms with E-state index in [0.717, 1.165) is 5.56 Å². The fourth-order valence-electron chi connectivity index (χ4n) is 3.12. The topological polar surface area (TPSA) is 63.6 Å². The number of rotatable bonds is 4. The van der Waals surface area contributed by atoms with Gasteiger partial charge in [-0.2, -0.15) is 0 Å². The van der Waals surface area contributed by atoms with Crippen LogP contribution in [0.2, 0.25) is 0 Å². The van der Waals surface area contributed by atoms with Crippen LogP contribution in [0, 0.1) is 16.7 Å². The highest BCUT2D eigenvalue weighted by molar-refractivity contribution is 5.80. The number of ether oxygens (including phenoxy) is 1. The van der Waals surface area contributed by atoms with Gasteiger partial charge in [-0.3, -0.25) is 9.59 Å². The van der Waals surface area contributed by atoms with Gasteiger partial charge in [0.15, 0.2) is 0 Å². The van der Waals surface area contributed by atoms with Gasteiger partial charge in [0, 0.05) is 0 Å². The van der Waals surface area contributed by atoms with Crippen LogP contribution in [0.5, 0.6) is 0 Å². The summed E-state index contributed by atoms with van der Waals surface area (Å²) in [6.45, 7) is 5.65. The summed E-state index contributed by atoms with van der Waals surface area (Å²) in [6.07, 6.45) is 1.06. The summed E-state index contributed by atoms with van der Waals surface area (Å²) >= 11 is 0. The third-order valence-corrected chi connectivity index (χ3v) is 5.21. The van der Waals surface area contributed by atoms with E-state index in [4.69, 9.17) is 4.74 Å². The molecule has 1 aromatic rings. The van der Waals surface area contributed by atoms with Crippen LogP contribution in [0.4, 0.5) is 0 Å². The molecule has 1 fully saturated rings. The standard InChI is InChI=1S/C17H22O4/c1-16(2)13(9-10-17(16,3)15(19)20)14(18)21-11-12-7-5-4-6-8-12/h4-8,13H,9-11H2,1-3H3,(H,19,20)/t13-,17-/m1/s1. The Morgan fingerprint density at radius 2 is 1.86 bits per heavy atom. The van der Waals surface area contributed by atoms with Crippen LogP contribution in [0.1, 0.15) is 39.2 Å². The Morgan fingerprint density at radius 1 is 1.24 bits per heavy atom. The van der Waals surface area contributed by atoms with E-state index in [9.17, 15) is 14.7 Å². The first kappa shape index (κ1) is 15.5. The molecule has 0 saturated heterocycles. The van der Waals surface area contributed by atoms with Gasteiger partial charge in [0.2, 0.25) is 0 Å². The van der Waals surface area contributed by atoms with Crippen molar-refractivity contribution in [2.75, 3.05) is 0 Å². The summed E-state index contributed by atoms with van der Waals surface area (Å²) in [5.41, 5.74) is -0.571. The predicted molar refractivity (Wildman–Crippen MR) is 78.5 cm³/mol. The van der Waals surface area contributed by atoms with Gasteiger partial charge in [0.1, 0.15) is 6.61 Å². The molecule has 4 nitrogen and oxygen atoms in total. The van der Waals surface area contributed by atoms with Crippen LogP contribution in [-0.2, 0) is 20.9 Å². The van der Waals surface area contributed by atoms with Crippen LogP contribution in [0.3, 0.4) is 0 Å². The lowest BCUT2D eigenvalue weighted by molar-refractivity contribution is -0.161. The Kier molecular flexibility index (Phi) is 4.08. The van der Waals surface area contributed by atoms with Crippen LogP contribution in [0.25, 0.3) is 0 Å². The molecule has 0 bridgehead atoms. The molecule has 0 heterocycles. The minimum absolute atomic E-state index is 0.232. The third-order valence-electron chi connectivity index (χ3n) is 5.21. The van der Waals surface area contributed by atoms with E-state index in [1.807, 2.05) is 44.2 Å². The third kappa shape index (κ3) is 2.67. The van der Waals surface area contributed by atoms with Crippen LogP contribution in [-0.4, -0.2) is 17.0 Å². The summed E-state index contributed by atoms with van der Waals surface area (Å²) in [5.74, 6) is -1.51. The summed E-state index contributed by atoms with van der Waals surface area (Å²) in [4.78, 5) is 23.9. The summed E-state index contributed by atoms with van der Waals surface area (Å²) < 4.78 is 5.39. The Bertz CT molecular complexity index is 535. The second-order valence-electron chi connectivity index (χ2n) is 6.54. The van der Waals surface area contributed by atoms with Gasteiger partial charge in [0.05, 0.1) is 11.3 Å². The highest BCUT2D eigenvalue weighted by Gasteiger charge is 2.58. The Balaban J connectivity index is 2.05. The molecule has 0 amide bonds. The highest BCUT2D eigenvalue weighted by atomic mass is 16.5. The minimum atomic E-state index is -0.885. The highest BCUT2D eigenvalue weighted by Crippen LogP contribution is 2.56. The van der Waals surface area contributed by atoms with Crippen LogP contribution < -0.4 is 0 Å². The van der Waals surface area contributed by atoms with Gasteiger partial charge < -0.3 is 9.84 Å². The van der Waals surface area contributed by atoms with Crippen molar-refractivity contribution in [2.24, 2.45) is 16.7 Å². The van der Waals surface area contributed by atoms with E-state index in [1.54, 1.807) is 6.92 Å². The number of carboxylic acids is 1. The lowest BCUT2D eigenvalue weighted by atomic mass is 9.66. The van der Waals surface area contributed by atoms with E-state index >= 15 is 0 Å². The first-order chi connectivity index (χ1) is 9.79. The molecule has 0 aromatic heterocycles. The zero-order valence-electron chi connectivity index (χ0n) is 12.8. The lowest BCUT2D eigenvalue weighted by Gasteiger charge is -2.37. The fourth-order valence-corrected chi connectivity index (χ4v) is 3.12. The first-order valence-corrected chi connectivity index (χ1v) is 7.23. The van der Waals surface area contributed by atoms with E-state index < -0.39 is 16.8 Å². The number of benzene rings is 1. The molecule has 0 aliphatic heterocycles. The van der Waals surface area contributed by atoms with E-state index in [2.05, 4.69) is 0 Å². The normalized spacial score (nSPS) is 27.3. The average Bonchev–Trinajstić information content (AvgIpc) is 2.69. The molecule has 0 spiro atoms. The molecule has 2 rings (SSSR count). The van der Waals surface area contributed by atoms with Gasteiger partial charge in [-0.05, 0) is 30.7 Å². The first-order valence-electron chi connectivity index (χ1n) is 7.23. The van der Waals surface area contributed by atoms with Crippen molar-refractivity contribution >= 4 is 11.9 Å². The maximum Gasteiger partial charge on any atom is 0.309 e. The molecule has 1 N–H and O–H groups in total. The van der Waals surface area contributed by atoms with Crippen molar-refractivity contribution in [3.63, 3.8) is 0 Å². The van der Waals surface area contributed by atoms with Crippen LogP contribution >= 0.6 is 0 Å². The molecular formula is C17H22O4. The fraction of sp³-hybridized carbons (Fsp3) is 0.529. The number of hydrogen-bond acceptors (Lipinski definition) is 3. The second-order valence-corrected chi connectivity index (χ2v) is 6.54. The van der Waals surface area contributed by atoms with Crippen molar-refractivity contribution in [3.8, 4) is 0 Å². The van der Waals surface area contributed by atoms with Crippen molar-refractivity contribution in [1.82, 2.24) is 0 Å². The molecular weight excluding hydrogens is 268 g/mol. The number of esters is 1. The van der Waals surface area contributed by atoms with Gasteiger partial charge in [-0.25, -0.2) is 0 Å². The van der Waals surface area contributed by atoms with Gasteiger partial charge in [0.25, 0.3) is 0 Å². The molecule has 1 aliphatic carbocycles. The number of carboxylic acid groups (broad SMARTS) is 1. The molecule has 1 aliphatic rings. The van der Waals surface area contributed by atoms with Crippen molar-refractivity contribution in [2.45, 2.75) is 40.2 Å². The Hall–Kier alpha value is -1.84. The zero-order chi connectivity index (χ0) is 15.7. The Morgan fingerprint density at radius 3 is 2.38 bits per heavy atom. The summed E-state index contributed by atoms with van der Waals surface area (Å²) in [5, 5.41) is 9.46. The molecule has 21 heavy (non-hydrogen) atoms. The van der Waals surface area contributed by atoms with E-state index in [1.165, 1.54) is 0 Å². The lowest BCUT2D eigenvalue weighted by Crippen LogP contribution is -2.43. The molecule has 2 atom stereocenters. The monoisotopic (exact) mass is 290 g/mol. The van der Waals surface area contributed by atoms with Crippen molar-refractivity contribution in [1.29, 1.82) is 0 Å². The number of aliphatic carboxylic acids is 1. The maximum atomic E-state index is 12.3. The van der Waals surface area contributed by atoms with Crippen molar-refractivity contribution < 1.29 is 19.4 Å². The minimum Gasteiger partial charge on any atom is -0.481 e. The van der Waals surface area contributed by atoms with Crippen LogP contribution in [0.15, 0.2) is 30.3 Å². The largest absolute Gasteiger partial charge is 0.481 e. The summed E-state index contributed by atoms with van der Waals surface area (Å²) in [6, 6.07) is 9.49. The van der Waals surface area contributed by atoms with Crippen molar-refractivity contribution in [3.05, 3.63) is 35.9 Å². The van der Waals surface area contributed by atoms with E-state index in [0.29, 0.717) is 12.8 Å². The average molecular weight is 290 g/mol. The Labute approximate surface area is 125 Å². The van der Waals surface area contributed by atoms with Gasteiger partial charge in [-0.1, -0.05) is 44.2 Å². The number of carbonyl (C=O) groups is 2. The molecule has 0 radical (unpaired) electrons.